The van der Waals surface area contributed by atoms with Crippen molar-refractivity contribution in [3.05, 3.63) is 29.8 Å². The molecule has 1 rings (SSSR count). The zero-order chi connectivity index (χ0) is 21.5. The number of carbonyl (C=O) groups excluding carboxylic acids is 2. The van der Waals surface area contributed by atoms with Gasteiger partial charge in [-0.05, 0) is 58.9 Å². The molecule has 1 atom stereocenters. The number of ether oxygens (including phenoxy) is 1. The first kappa shape index (κ1) is 23.6. The predicted octanol–water partition coefficient (Wildman–Crippen LogP) is 2.07. The molecule has 0 unspecified atom stereocenters. The highest BCUT2D eigenvalue weighted by Gasteiger charge is 2.28. The minimum absolute atomic E-state index is 0.00442. The summed E-state index contributed by atoms with van der Waals surface area (Å²) in [5.41, 5.74) is 0.135. The highest BCUT2D eigenvalue weighted by Crippen LogP contribution is 2.14. The van der Waals surface area contributed by atoms with Gasteiger partial charge in [-0.3, -0.25) is 4.79 Å². The molecule has 0 aromatic heterocycles. The van der Waals surface area contributed by atoms with Gasteiger partial charge in [0.2, 0.25) is 10.0 Å². The molecule has 0 aliphatic heterocycles. The second-order valence-corrected chi connectivity index (χ2v) is 8.58. The van der Waals surface area contributed by atoms with Crippen LogP contribution >= 0.6 is 0 Å². The van der Waals surface area contributed by atoms with Gasteiger partial charge in [-0.15, -0.1) is 0 Å². The number of hydrogen-bond donors (Lipinski definition) is 1. The Balaban J connectivity index is 2.83. The van der Waals surface area contributed by atoms with Crippen molar-refractivity contribution >= 4 is 21.9 Å². The average Bonchev–Trinajstić information content (AvgIpc) is 2.61. The molecule has 8 nitrogen and oxygen atoms in total. The molecule has 154 valence electrons. The lowest BCUT2D eigenvalue weighted by molar-refractivity contribution is -0.143. The van der Waals surface area contributed by atoms with Crippen molar-refractivity contribution in [3.8, 4) is 6.07 Å². The molecular weight excluding hydrogens is 382 g/mol. The maximum atomic E-state index is 12.5. The summed E-state index contributed by atoms with van der Waals surface area (Å²) in [7, 11) is -3.76. The Kier molecular flexibility index (Phi) is 8.60. The lowest BCUT2D eigenvalue weighted by Gasteiger charge is -2.32. The van der Waals surface area contributed by atoms with Crippen LogP contribution in [0.15, 0.2) is 29.2 Å². The molecule has 0 aliphatic carbocycles. The van der Waals surface area contributed by atoms with E-state index in [0.29, 0.717) is 0 Å². The smallest absolute Gasteiger partial charge is 0.338 e. The number of esters is 1. The molecule has 1 aromatic carbocycles. The van der Waals surface area contributed by atoms with Gasteiger partial charge in [0.1, 0.15) is 0 Å². The van der Waals surface area contributed by atoms with E-state index in [9.17, 15) is 18.0 Å². The number of sulfonamides is 1. The van der Waals surface area contributed by atoms with Crippen molar-refractivity contribution in [2.75, 3.05) is 6.54 Å². The van der Waals surface area contributed by atoms with Crippen molar-refractivity contribution in [3.63, 3.8) is 0 Å². The van der Waals surface area contributed by atoms with E-state index < -0.39 is 22.1 Å². The SMILES string of the molecule is CC(C)N(C(=O)[C@@H](C)OC(=O)c1ccc(S(=O)(=O)NCCC#N)cc1)C(C)C. The Labute approximate surface area is 166 Å². The summed E-state index contributed by atoms with van der Waals surface area (Å²) in [6, 6.07) is 6.96. The van der Waals surface area contributed by atoms with Crippen LogP contribution in [0, 0.1) is 11.3 Å². The van der Waals surface area contributed by atoms with E-state index in [1.54, 1.807) is 4.90 Å². The summed E-state index contributed by atoms with van der Waals surface area (Å²) in [6.45, 7) is 9.05. The number of carbonyl (C=O) groups is 2. The Bertz CT molecular complexity index is 818. The van der Waals surface area contributed by atoms with Crippen LogP contribution in [0.3, 0.4) is 0 Å². The summed E-state index contributed by atoms with van der Waals surface area (Å²) in [5, 5.41) is 8.47. The molecule has 1 aromatic rings. The highest BCUT2D eigenvalue weighted by molar-refractivity contribution is 7.89. The summed E-state index contributed by atoms with van der Waals surface area (Å²) in [5.74, 6) is -1.01. The molecular formula is C19H27N3O5S. The van der Waals surface area contributed by atoms with Gasteiger partial charge in [0.25, 0.3) is 5.91 Å². The van der Waals surface area contributed by atoms with Gasteiger partial charge in [0, 0.05) is 25.0 Å². The Morgan fingerprint density at radius 1 is 1.11 bits per heavy atom. The summed E-state index contributed by atoms with van der Waals surface area (Å²) < 4.78 is 31.7. The largest absolute Gasteiger partial charge is 0.449 e. The minimum atomic E-state index is -3.76. The molecule has 0 aliphatic rings. The van der Waals surface area contributed by atoms with E-state index in [2.05, 4.69) is 4.72 Å². The Morgan fingerprint density at radius 3 is 2.11 bits per heavy atom. The maximum Gasteiger partial charge on any atom is 0.338 e. The zero-order valence-corrected chi connectivity index (χ0v) is 17.6. The van der Waals surface area contributed by atoms with Crippen molar-refractivity contribution in [2.45, 2.75) is 64.1 Å². The molecule has 0 spiro atoms. The molecule has 28 heavy (non-hydrogen) atoms. The molecule has 0 bridgehead atoms. The van der Waals surface area contributed by atoms with Crippen LogP contribution in [0.5, 0.6) is 0 Å². The van der Waals surface area contributed by atoms with Crippen LogP contribution in [0.1, 0.15) is 51.4 Å². The van der Waals surface area contributed by atoms with Crippen molar-refractivity contribution < 1.29 is 22.7 Å². The van der Waals surface area contributed by atoms with Crippen LogP contribution in [0.25, 0.3) is 0 Å². The zero-order valence-electron chi connectivity index (χ0n) is 16.8. The van der Waals surface area contributed by atoms with E-state index in [4.69, 9.17) is 10.00 Å². The van der Waals surface area contributed by atoms with Gasteiger partial charge in [0.15, 0.2) is 6.10 Å². The summed E-state index contributed by atoms with van der Waals surface area (Å²) in [4.78, 5) is 26.5. The topological polar surface area (TPSA) is 117 Å². The van der Waals surface area contributed by atoms with Crippen LogP contribution in [0.2, 0.25) is 0 Å². The van der Waals surface area contributed by atoms with Crippen molar-refractivity contribution in [1.82, 2.24) is 9.62 Å². The number of rotatable bonds is 9. The second kappa shape index (κ2) is 10.2. The van der Waals surface area contributed by atoms with E-state index in [0.717, 1.165) is 0 Å². The second-order valence-electron chi connectivity index (χ2n) is 6.81. The number of amides is 1. The van der Waals surface area contributed by atoms with Gasteiger partial charge in [-0.1, -0.05) is 0 Å². The van der Waals surface area contributed by atoms with Crippen LogP contribution in [0.4, 0.5) is 0 Å². The predicted molar refractivity (Wildman–Crippen MR) is 104 cm³/mol. The molecule has 0 radical (unpaired) electrons. The quantitative estimate of drug-likeness (QED) is 0.493. The van der Waals surface area contributed by atoms with Gasteiger partial charge in [-0.25, -0.2) is 17.9 Å². The maximum absolute atomic E-state index is 12.5. The lowest BCUT2D eigenvalue weighted by atomic mass is 10.2. The van der Waals surface area contributed by atoms with Gasteiger partial charge in [-0.2, -0.15) is 5.26 Å². The number of nitrogens with one attached hydrogen (secondary N) is 1. The first-order chi connectivity index (χ1) is 13.0. The van der Waals surface area contributed by atoms with Crippen LogP contribution < -0.4 is 4.72 Å². The Morgan fingerprint density at radius 2 is 1.64 bits per heavy atom. The van der Waals surface area contributed by atoms with Gasteiger partial charge >= 0.3 is 5.97 Å². The molecule has 0 fully saturated rings. The molecule has 9 heteroatoms. The third-order valence-electron chi connectivity index (χ3n) is 3.93. The number of nitrogens with zero attached hydrogens (tertiary/aromatic N) is 2. The van der Waals surface area contributed by atoms with E-state index in [-0.39, 0.29) is 41.4 Å². The third-order valence-corrected chi connectivity index (χ3v) is 5.40. The van der Waals surface area contributed by atoms with Gasteiger partial charge in [0.05, 0.1) is 16.5 Å². The summed E-state index contributed by atoms with van der Waals surface area (Å²) >= 11 is 0. The van der Waals surface area contributed by atoms with Crippen molar-refractivity contribution in [2.24, 2.45) is 0 Å². The third kappa shape index (κ3) is 6.32. The van der Waals surface area contributed by atoms with Crippen LogP contribution in [-0.2, 0) is 19.6 Å². The number of benzene rings is 1. The van der Waals surface area contributed by atoms with Crippen molar-refractivity contribution in [1.29, 1.82) is 5.26 Å². The van der Waals surface area contributed by atoms with Gasteiger partial charge < -0.3 is 9.64 Å². The fourth-order valence-electron chi connectivity index (χ4n) is 2.69. The number of hydrogen-bond acceptors (Lipinski definition) is 6. The summed E-state index contributed by atoms with van der Waals surface area (Å²) in [6.07, 6.45) is -0.910. The number of nitriles is 1. The normalized spacial score (nSPS) is 12.5. The molecule has 1 N–H and O–H groups in total. The highest BCUT2D eigenvalue weighted by atomic mass is 32.2. The fraction of sp³-hybridized carbons (Fsp3) is 0.526. The minimum Gasteiger partial charge on any atom is -0.449 e. The van der Waals surface area contributed by atoms with E-state index in [1.165, 1.54) is 31.2 Å². The van der Waals surface area contributed by atoms with E-state index in [1.807, 2.05) is 33.8 Å². The van der Waals surface area contributed by atoms with E-state index >= 15 is 0 Å². The Hall–Kier alpha value is -2.44. The molecule has 0 saturated carbocycles. The fourth-order valence-corrected chi connectivity index (χ4v) is 3.72. The molecule has 0 heterocycles. The van der Waals surface area contributed by atoms with Crippen LogP contribution in [-0.4, -0.2) is 49.9 Å². The first-order valence-corrected chi connectivity index (χ1v) is 10.5. The molecule has 1 amide bonds. The molecule has 0 saturated heterocycles. The average molecular weight is 410 g/mol. The monoisotopic (exact) mass is 409 g/mol. The standard InChI is InChI=1S/C19H27N3O5S/c1-13(2)22(14(3)4)18(23)15(5)27-19(24)16-7-9-17(10-8-16)28(25,26)21-12-6-11-20/h7-10,13-15,21H,6,12H2,1-5H3/t15-/m1/s1. The lowest BCUT2D eigenvalue weighted by Crippen LogP contribution is -2.47. The first-order valence-electron chi connectivity index (χ1n) is 9.01.